The predicted octanol–water partition coefficient (Wildman–Crippen LogP) is 3.90. The molecule has 0 aliphatic carbocycles. The molecule has 0 spiro atoms. The molecule has 4 nitrogen and oxygen atoms in total. The van der Waals surface area contributed by atoms with Crippen LogP contribution in [0.25, 0.3) is 0 Å². The van der Waals surface area contributed by atoms with Gasteiger partial charge in [0.2, 0.25) is 0 Å². The van der Waals surface area contributed by atoms with Crippen LogP contribution in [0.3, 0.4) is 0 Å². The zero-order valence-corrected chi connectivity index (χ0v) is 13.0. The molecule has 1 N–H and O–H groups in total. The quantitative estimate of drug-likeness (QED) is 0.677. The van der Waals surface area contributed by atoms with Gasteiger partial charge in [0.05, 0.1) is 17.7 Å². The third-order valence-corrected chi connectivity index (χ3v) is 3.82. The van der Waals surface area contributed by atoms with Crippen LogP contribution in [-0.2, 0) is 4.74 Å². The van der Waals surface area contributed by atoms with E-state index in [1.54, 1.807) is 13.8 Å². The Balaban J connectivity index is 2.31. The molecule has 1 aromatic carbocycles. The summed E-state index contributed by atoms with van der Waals surface area (Å²) in [6.45, 7) is 3.49. The fourth-order valence-electron chi connectivity index (χ4n) is 1.84. The average Bonchev–Trinajstić information content (AvgIpc) is 2.85. The molecule has 2 rings (SSSR count). The van der Waals surface area contributed by atoms with Crippen molar-refractivity contribution in [3.05, 3.63) is 51.7 Å². The summed E-state index contributed by atoms with van der Waals surface area (Å²) in [4.78, 5) is 24.6. The van der Waals surface area contributed by atoms with Crippen LogP contribution in [0.1, 0.15) is 32.5 Å². The van der Waals surface area contributed by atoms with Crippen molar-refractivity contribution in [2.45, 2.75) is 13.8 Å². The number of nitrogens with one attached hydrogen (secondary N) is 1. The second kappa shape index (κ2) is 6.82. The Kier molecular flexibility index (Phi) is 5.05. The second-order valence-electron chi connectivity index (χ2n) is 4.50. The number of rotatable bonds is 4. The maximum Gasteiger partial charge on any atom is 0.341 e. The first-order valence-corrected chi connectivity index (χ1v) is 7.39. The van der Waals surface area contributed by atoms with Crippen LogP contribution in [0, 0.1) is 24.4 Å². The molecule has 2 aromatic rings. The number of aryl methyl sites for hydroxylation is 1. The van der Waals surface area contributed by atoms with E-state index in [1.165, 1.54) is 6.07 Å². The first-order valence-electron chi connectivity index (χ1n) is 6.57. The lowest BCUT2D eigenvalue weighted by molar-refractivity contribution is 0.0528. The SMILES string of the molecule is CCOC(=O)c1cc(C)sc1NC(=O)c1ccc(F)c(F)c1F. The van der Waals surface area contributed by atoms with Crippen LogP contribution < -0.4 is 5.32 Å². The van der Waals surface area contributed by atoms with Gasteiger partial charge in [0.25, 0.3) is 5.91 Å². The number of amides is 1. The van der Waals surface area contributed by atoms with E-state index in [0.29, 0.717) is 10.9 Å². The van der Waals surface area contributed by atoms with E-state index in [0.717, 1.165) is 17.4 Å². The summed E-state index contributed by atoms with van der Waals surface area (Å²) in [7, 11) is 0. The number of carbonyl (C=O) groups excluding carboxylic acids is 2. The second-order valence-corrected chi connectivity index (χ2v) is 5.75. The molecule has 0 radical (unpaired) electrons. The van der Waals surface area contributed by atoms with Crippen LogP contribution in [0.5, 0.6) is 0 Å². The fourth-order valence-corrected chi connectivity index (χ4v) is 2.73. The summed E-state index contributed by atoms with van der Waals surface area (Å²) in [5.41, 5.74) is -0.546. The van der Waals surface area contributed by atoms with Gasteiger partial charge in [0.15, 0.2) is 17.5 Å². The highest BCUT2D eigenvalue weighted by Crippen LogP contribution is 2.29. The van der Waals surface area contributed by atoms with Gasteiger partial charge in [-0.3, -0.25) is 4.79 Å². The molecule has 1 aromatic heterocycles. The summed E-state index contributed by atoms with van der Waals surface area (Å²) >= 11 is 1.08. The summed E-state index contributed by atoms with van der Waals surface area (Å²) in [6, 6.07) is 2.99. The van der Waals surface area contributed by atoms with E-state index in [2.05, 4.69) is 5.32 Å². The van der Waals surface area contributed by atoms with E-state index in [-0.39, 0.29) is 17.2 Å². The Labute approximate surface area is 133 Å². The molecular weight excluding hydrogens is 331 g/mol. The highest BCUT2D eigenvalue weighted by Gasteiger charge is 2.22. The van der Waals surface area contributed by atoms with Crippen LogP contribution in [0.4, 0.5) is 18.2 Å². The minimum Gasteiger partial charge on any atom is -0.462 e. The minimum atomic E-state index is -1.73. The monoisotopic (exact) mass is 343 g/mol. The lowest BCUT2D eigenvalue weighted by Gasteiger charge is -2.07. The molecule has 23 heavy (non-hydrogen) atoms. The Morgan fingerprint density at radius 2 is 1.87 bits per heavy atom. The first kappa shape index (κ1) is 17.0. The molecule has 0 unspecified atom stereocenters. The van der Waals surface area contributed by atoms with Crippen LogP contribution in [0.2, 0.25) is 0 Å². The Hall–Kier alpha value is -2.35. The first-order chi connectivity index (χ1) is 10.8. The number of thiophene rings is 1. The van der Waals surface area contributed by atoms with Crippen molar-refractivity contribution in [1.29, 1.82) is 0 Å². The van der Waals surface area contributed by atoms with Crippen LogP contribution >= 0.6 is 11.3 Å². The third-order valence-electron chi connectivity index (χ3n) is 2.86. The molecular formula is C15H12F3NO3S. The van der Waals surface area contributed by atoms with Crippen molar-refractivity contribution in [2.24, 2.45) is 0 Å². The van der Waals surface area contributed by atoms with Gasteiger partial charge in [-0.15, -0.1) is 11.3 Å². The van der Waals surface area contributed by atoms with Gasteiger partial charge in [0.1, 0.15) is 5.00 Å². The van der Waals surface area contributed by atoms with Gasteiger partial charge in [0, 0.05) is 4.88 Å². The summed E-state index contributed by atoms with van der Waals surface area (Å²) < 4.78 is 44.6. The molecule has 0 atom stereocenters. The number of carbonyl (C=O) groups is 2. The molecule has 0 fully saturated rings. The molecule has 0 saturated heterocycles. The van der Waals surface area contributed by atoms with Crippen molar-refractivity contribution in [2.75, 3.05) is 11.9 Å². The van der Waals surface area contributed by atoms with E-state index in [9.17, 15) is 22.8 Å². The number of hydrogen-bond donors (Lipinski definition) is 1. The van der Waals surface area contributed by atoms with Crippen molar-refractivity contribution in [3.63, 3.8) is 0 Å². The molecule has 1 amide bonds. The Morgan fingerprint density at radius 3 is 2.52 bits per heavy atom. The maximum absolute atomic E-state index is 13.6. The lowest BCUT2D eigenvalue weighted by atomic mass is 10.2. The standard InChI is InChI=1S/C15H12F3NO3S/c1-3-22-15(21)9-6-7(2)23-14(9)19-13(20)8-4-5-10(16)12(18)11(8)17/h4-6H,3H2,1-2H3,(H,19,20). The summed E-state index contributed by atoms with van der Waals surface area (Å²) in [6.07, 6.45) is 0. The van der Waals surface area contributed by atoms with Crippen molar-refractivity contribution in [3.8, 4) is 0 Å². The molecule has 0 aliphatic heterocycles. The summed E-state index contributed by atoms with van der Waals surface area (Å²) in [5, 5.41) is 2.47. The van der Waals surface area contributed by atoms with Gasteiger partial charge < -0.3 is 10.1 Å². The number of esters is 1. The van der Waals surface area contributed by atoms with Gasteiger partial charge in [-0.1, -0.05) is 0 Å². The fraction of sp³-hybridized carbons (Fsp3) is 0.200. The number of halogens is 3. The van der Waals surface area contributed by atoms with Crippen LogP contribution in [0.15, 0.2) is 18.2 Å². The molecule has 122 valence electrons. The van der Waals surface area contributed by atoms with Gasteiger partial charge >= 0.3 is 5.97 Å². The zero-order valence-electron chi connectivity index (χ0n) is 12.2. The lowest BCUT2D eigenvalue weighted by Crippen LogP contribution is -2.16. The largest absolute Gasteiger partial charge is 0.462 e. The highest BCUT2D eigenvalue weighted by atomic mass is 32.1. The molecule has 1 heterocycles. The van der Waals surface area contributed by atoms with Crippen LogP contribution in [-0.4, -0.2) is 18.5 Å². The number of ether oxygens (including phenoxy) is 1. The van der Waals surface area contributed by atoms with Crippen molar-refractivity contribution >= 4 is 28.2 Å². The van der Waals surface area contributed by atoms with Gasteiger partial charge in [-0.05, 0) is 32.0 Å². The van der Waals surface area contributed by atoms with Crippen molar-refractivity contribution < 1.29 is 27.5 Å². The molecule has 0 bridgehead atoms. The van der Waals surface area contributed by atoms with E-state index in [1.807, 2.05) is 0 Å². The van der Waals surface area contributed by atoms with Crippen molar-refractivity contribution in [1.82, 2.24) is 0 Å². The summed E-state index contributed by atoms with van der Waals surface area (Å²) in [5.74, 6) is -6.34. The predicted molar refractivity (Wildman–Crippen MR) is 79.3 cm³/mol. The molecule has 0 saturated carbocycles. The average molecular weight is 343 g/mol. The Bertz CT molecular complexity index is 774. The normalized spacial score (nSPS) is 10.5. The topological polar surface area (TPSA) is 55.4 Å². The molecule has 0 aliphatic rings. The minimum absolute atomic E-state index is 0.116. The zero-order chi connectivity index (χ0) is 17.1. The van der Waals surface area contributed by atoms with E-state index < -0.39 is 34.9 Å². The van der Waals surface area contributed by atoms with Gasteiger partial charge in [-0.2, -0.15) is 0 Å². The van der Waals surface area contributed by atoms with E-state index in [4.69, 9.17) is 4.74 Å². The maximum atomic E-state index is 13.6. The number of benzene rings is 1. The smallest absolute Gasteiger partial charge is 0.341 e. The highest BCUT2D eigenvalue weighted by molar-refractivity contribution is 7.16. The number of anilines is 1. The Morgan fingerprint density at radius 1 is 1.17 bits per heavy atom. The van der Waals surface area contributed by atoms with E-state index >= 15 is 0 Å². The third kappa shape index (κ3) is 3.53. The van der Waals surface area contributed by atoms with Gasteiger partial charge in [-0.25, -0.2) is 18.0 Å². The molecule has 8 heteroatoms. The number of hydrogen-bond acceptors (Lipinski definition) is 4.